The van der Waals surface area contributed by atoms with Gasteiger partial charge in [-0.05, 0) is 0 Å². The lowest BCUT2D eigenvalue weighted by Crippen LogP contribution is -2.39. The predicted octanol–water partition coefficient (Wildman–Crippen LogP) is -1.64. The lowest BCUT2D eigenvalue weighted by molar-refractivity contribution is -0.141. The number of nitrogens with zero attached hydrogens (tertiary/aromatic N) is 1. The highest BCUT2D eigenvalue weighted by molar-refractivity contribution is 8.00. The van der Waals surface area contributed by atoms with Gasteiger partial charge < -0.3 is 15.4 Å². The minimum atomic E-state index is -0.712. The quantitative estimate of drug-likeness (QED) is 0.520. The Labute approximate surface area is 126 Å². The maximum absolute atomic E-state index is 11.7. The molecule has 1 fully saturated rings. The van der Waals surface area contributed by atoms with Gasteiger partial charge in [0, 0.05) is 27.2 Å². The molecular weight excluding hydrogens is 298 g/mol. The van der Waals surface area contributed by atoms with Crippen molar-refractivity contribution in [3.8, 4) is 0 Å². The molecule has 0 aromatic heterocycles. The first-order valence-corrected chi connectivity index (χ1v) is 7.57. The van der Waals surface area contributed by atoms with Gasteiger partial charge in [-0.25, -0.2) is 0 Å². The van der Waals surface area contributed by atoms with Crippen molar-refractivity contribution in [3.05, 3.63) is 0 Å². The Morgan fingerprint density at radius 2 is 2.00 bits per heavy atom. The maximum atomic E-state index is 11.7. The number of hydrogen-bond acceptors (Lipinski definition) is 6. The van der Waals surface area contributed by atoms with Gasteiger partial charge in [-0.3, -0.25) is 24.1 Å². The van der Waals surface area contributed by atoms with Crippen LogP contribution in [0, 0.1) is 0 Å². The molecule has 4 amide bonds. The number of amides is 4. The number of carbonyl (C=O) groups is 4. The molecule has 1 saturated heterocycles. The van der Waals surface area contributed by atoms with Gasteiger partial charge in [0.1, 0.15) is 6.10 Å². The van der Waals surface area contributed by atoms with Gasteiger partial charge in [-0.2, -0.15) is 0 Å². The van der Waals surface area contributed by atoms with E-state index < -0.39 is 6.10 Å². The Morgan fingerprint density at radius 3 is 2.57 bits per heavy atom. The molecule has 2 N–H and O–H groups in total. The van der Waals surface area contributed by atoms with Crippen LogP contribution in [0.1, 0.15) is 6.42 Å². The smallest absolute Gasteiger partial charge is 0.258 e. The first kappa shape index (κ1) is 17.4. The summed E-state index contributed by atoms with van der Waals surface area (Å²) in [6, 6.07) is 0. The first-order chi connectivity index (χ1) is 9.99. The summed E-state index contributed by atoms with van der Waals surface area (Å²) >= 11 is 1.19. The summed E-state index contributed by atoms with van der Waals surface area (Å²) in [6.07, 6.45) is -0.665. The first-order valence-electron chi connectivity index (χ1n) is 6.41. The molecule has 1 aliphatic heterocycles. The normalized spacial score (nSPS) is 18.0. The highest BCUT2D eigenvalue weighted by atomic mass is 32.2. The van der Waals surface area contributed by atoms with Crippen molar-refractivity contribution < 1.29 is 23.9 Å². The Kier molecular flexibility index (Phi) is 7.17. The third-order valence-electron chi connectivity index (χ3n) is 2.89. The van der Waals surface area contributed by atoms with Crippen LogP contribution in [0.3, 0.4) is 0 Å². The second-order valence-corrected chi connectivity index (χ2v) is 5.31. The number of hydrogen-bond donors (Lipinski definition) is 2. The summed E-state index contributed by atoms with van der Waals surface area (Å²) in [5.41, 5.74) is 0. The van der Waals surface area contributed by atoms with Gasteiger partial charge in [-0.15, -0.1) is 11.8 Å². The molecule has 0 spiro atoms. The molecule has 1 aliphatic rings. The van der Waals surface area contributed by atoms with Crippen molar-refractivity contribution in [2.45, 2.75) is 12.5 Å². The topological polar surface area (TPSA) is 105 Å². The minimum Gasteiger partial charge on any atom is -0.371 e. The van der Waals surface area contributed by atoms with Crippen molar-refractivity contribution in [1.82, 2.24) is 15.5 Å². The molecule has 0 aliphatic carbocycles. The van der Waals surface area contributed by atoms with Crippen LogP contribution in [-0.4, -0.2) is 73.4 Å². The highest BCUT2D eigenvalue weighted by Gasteiger charge is 2.38. The number of carbonyl (C=O) groups excluding carboxylic acids is 4. The number of nitrogens with one attached hydrogen (secondary N) is 2. The van der Waals surface area contributed by atoms with E-state index in [9.17, 15) is 19.2 Å². The van der Waals surface area contributed by atoms with Crippen molar-refractivity contribution in [2.75, 3.05) is 38.8 Å². The van der Waals surface area contributed by atoms with Crippen molar-refractivity contribution in [2.24, 2.45) is 0 Å². The average molecular weight is 317 g/mol. The summed E-state index contributed by atoms with van der Waals surface area (Å²) < 4.78 is 4.90. The van der Waals surface area contributed by atoms with E-state index >= 15 is 0 Å². The summed E-state index contributed by atoms with van der Waals surface area (Å²) in [5, 5.41) is 5.05. The second-order valence-electron chi connectivity index (χ2n) is 4.33. The van der Waals surface area contributed by atoms with E-state index in [0.29, 0.717) is 0 Å². The van der Waals surface area contributed by atoms with Gasteiger partial charge in [-0.1, -0.05) is 0 Å². The van der Waals surface area contributed by atoms with Crippen molar-refractivity contribution in [1.29, 1.82) is 0 Å². The van der Waals surface area contributed by atoms with E-state index in [1.165, 1.54) is 25.9 Å². The molecule has 1 rings (SSSR count). The molecule has 9 heteroatoms. The van der Waals surface area contributed by atoms with Crippen LogP contribution >= 0.6 is 11.8 Å². The number of imide groups is 1. The molecule has 0 aromatic rings. The van der Waals surface area contributed by atoms with Gasteiger partial charge in [0.25, 0.3) is 5.91 Å². The van der Waals surface area contributed by atoms with Crippen LogP contribution in [0.4, 0.5) is 0 Å². The maximum Gasteiger partial charge on any atom is 0.258 e. The molecule has 0 saturated carbocycles. The molecule has 0 radical (unpaired) electrons. The zero-order valence-corrected chi connectivity index (χ0v) is 12.8. The van der Waals surface area contributed by atoms with Crippen LogP contribution in [0.15, 0.2) is 0 Å². The fraction of sp³-hybridized carbons (Fsp3) is 0.667. The van der Waals surface area contributed by atoms with Crippen molar-refractivity contribution >= 4 is 35.4 Å². The lowest BCUT2D eigenvalue weighted by Gasteiger charge is -2.14. The largest absolute Gasteiger partial charge is 0.371 e. The molecule has 0 aromatic carbocycles. The standard InChI is InChI=1S/C12H19N3O5S/c1-13-9(16)6-21-7-10(17)14-3-4-15-11(18)5-8(20-2)12(15)19/h8H,3-7H2,1-2H3,(H,13,16)(H,14,17)/t8-/m1/s1. The van der Waals surface area contributed by atoms with Crippen LogP contribution in [0.25, 0.3) is 0 Å². The molecule has 0 bridgehead atoms. The van der Waals surface area contributed by atoms with E-state index in [2.05, 4.69) is 10.6 Å². The Bertz CT molecular complexity index is 429. The third-order valence-corrected chi connectivity index (χ3v) is 3.82. The molecule has 21 heavy (non-hydrogen) atoms. The number of ether oxygens (including phenoxy) is 1. The summed E-state index contributed by atoms with van der Waals surface area (Å²) in [4.78, 5) is 46.8. The fourth-order valence-corrected chi connectivity index (χ4v) is 2.46. The van der Waals surface area contributed by atoms with Crippen LogP contribution in [0.2, 0.25) is 0 Å². The predicted molar refractivity (Wildman–Crippen MR) is 76.5 cm³/mol. The Morgan fingerprint density at radius 1 is 1.33 bits per heavy atom. The van der Waals surface area contributed by atoms with Crippen LogP contribution in [-0.2, 0) is 23.9 Å². The summed E-state index contributed by atoms with van der Waals surface area (Å²) in [5.74, 6) is -0.697. The molecule has 1 atom stereocenters. The molecule has 1 heterocycles. The van der Waals surface area contributed by atoms with Crippen LogP contribution < -0.4 is 10.6 Å². The van der Waals surface area contributed by atoms with Crippen LogP contribution in [0.5, 0.6) is 0 Å². The summed E-state index contributed by atoms with van der Waals surface area (Å²) in [7, 11) is 2.91. The Hall–Kier alpha value is -1.61. The zero-order chi connectivity index (χ0) is 15.8. The fourth-order valence-electron chi connectivity index (χ4n) is 1.74. The van der Waals surface area contributed by atoms with Gasteiger partial charge in [0.2, 0.25) is 17.7 Å². The number of thioether (sulfide) groups is 1. The van der Waals surface area contributed by atoms with E-state index in [1.807, 2.05) is 0 Å². The SMILES string of the molecule is CNC(=O)CSCC(=O)NCCN1C(=O)C[C@@H](OC)C1=O. The Balaban J connectivity index is 2.21. The third kappa shape index (κ3) is 5.35. The van der Waals surface area contributed by atoms with Gasteiger partial charge in [0.15, 0.2) is 0 Å². The van der Waals surface area contributed by atoms with Gasteiger partial charge in [0.05, 0.1) is 17.9 Å². The lowest BCUT2D eigenvalue weighted by atomic mass is 10.3. The van der Waals surface area contributed by atoms with E-state index in [-0.39, 0.29) is 54.6 Å². The zero-order valence-electron chi connectivity index (χ0n) is 12.0. The highest BCUT2D eigenvalue weighted by Crippen LogP contribution is 2.14. The van der Waals surface area contributed by atoms with Gasteiger partial charge >= 0.3 is 0 Å². The number of methoxy groups -OCH3 is 1. The average Bonchev–Trinajstić information content (AvgIpc) is 2.74. The summed E-state index contributed by atoms with van der Waals surface area (Å²) in [6.45, 7) is 0.316. The molecule has 0 unspecified atom stereocenters. The molecule has 118 valence electrons. The number of rotatable bonds is 8. The molecular formula is C12H19N3O5S. The minimum absolute atomic E-state index is 0.0469. The monoisotopic (exact) mass is 317 g/mol. The number of likely N-dealkylation sites (tertiary alicyclic amines) is 1. The van der Waals surface area contributed by atoms with Crippen molar-refractivity contribution in [3.63, 3.8) is 0 Å². The van der Waals surface area contributed by atoms with E-state index in [0.717, 1.165) is 4.90 Å². The van der Waals surface area contributed by atoms with E-state index in [4.69, 9.17) is 4.74 Å². The molecule has 8 nitrogen and oxygen atoms in total. The van der Waals surface area contributed by atoms with E-state index in [1.54, 1.807) is 0 Å². The second kappa shape index (κ2) is 8.63.